The lowest BCUT2D eigenvalue weighted by Crippen LogP contribution is -2.47. The molecule has 1 fully saturated rings. The molecule has 3 atom stereocenters. The monoisotopic (exact) mass is 276 g/mol. The first kappa shape index (κ1) is 15.0. The molecule has 1 aromatic rings. The highest BCUT2D eigenvalue weighted by molar-refractivity contribution is 5.82. The van der Waals surface area contributed by atoms with Crippen LogP contribution in [-0.4, -0.2) is 40.6 Å². The zero-order valence-electron chi connectivity index (χ0n) is 12.2. The van der Waals surface area contributed by atoms with Gasteiger partial charge in [0, 0.05) is 19.1 Å². The maximum Gasteiger partial charge on any atom is 0.240 e. The van der Waals surface area contributed by atoms with Gasteiger partial charge in [0.15, 0.2) is 0 Å². The molecule has 0 saturated carbocycles. The van der Waals surface area contributed by atoms with E-state index in [2.05, 4.69) is 19.2 Å². The number of nitrogens with one attached hydrogen (secondary N) is 1. The molecular formula is C16H24N2O2. The molecule has 1 aliphatic heterocycles. The standard InChI is InChI=1S/C16H24N2O2/c1-3-12(2)18(11-13-7-5-4-6-8-13)16(20)15-9-14(19)10-17-15/h4-8,12,14-15,17,19H,3,9-11H2,1-2H3. The van der Waals surface area contributed by atoms with Gasteiger partial charge >= 0.3 is 0 Å². The second kappa shape index (κ2) is 6.86. The van der Waals surface area contributed by atoms with Gasteiger partial charge in [-0.25, -0.2) is 0 Å². The van der Waals surface area contributed by atoms with E-state index in [-0.39, 0.29) is 18.0 Å². The minimum atomic E-state index is -0.403. The van der Waals surface area contributed by atoms with Crippen LogP contribution in [0.1, 0.15) is 32.3 Å². The minimum absolute atomic E-state index is 0.0970. The quantitative estimate of drug-likeness (QED) is 0.857. The molecule has 0 spiro atoms. The first-order valence-electron chi connectivity index (χ1n) is 7.37. The first-order valence-corrected chi connectivity index (χ1v) is 7.37. The lowest BCUT2D eigenvalue weighted by molar-refractivity contribution is -0.136. The Hall–Kier alpha value is -1.39. The van der Waals surface area contributed by atoms with Crippen LogP contribution in [0.4, 0.5) is 0 Å². The first-order chi connectivity index (χ1) is 9.61. The molecule has 0 bridgehead atoms. The highest BCUT2D eigenvalue weighted by atomic mass is 16.3. The summed E-state index contributed by atoms with van der Waals surface area (Å²) < 4.78 is 0. The Bertz CT molecular complexity index is 435. The molecular weight excluding hydrogens is 252 g/mol. The van der Waals surface area contributed by atoms with Gasteiger partial charge in [0.25, 0.3) is 0 Å². The van der Waals surface area contributed by atoms with E-state index in [1.54, 1.807) is 0 Å². The largest absolute Gasteiger partial charge is 0.392 e. The minimum Gasteiger partial charge on any atom is -0.392 e. The molecule has 1 heterocycles. The Morgan fingerprint density at radius 3 is 2.70 bits per heavy atom. The molecule has 4 heteroatoms. The fourth-order valence-electron chi connectivity index (χ4n) is 2.56. The number of carbonyl (C=O) groups is 1. The van der Waals surface area contributed by atoms with Crippen molar-refractivity contribution in [1.29, 1.82) is 0 Å². The third-order valence-electron chi connectivity index (χ3n) is 4.01. The number of rotatable bonds is 5. The van der Waals surface area contributed by atoms with E-state index in [4.69, 9.17) is 0 Å². The number of aliphatic hydroxyl groups excluding tert-OH is 1. The van der Waals surface area contributed by atoms with Crippen molar-refractivity contribution in [3.63, 3.8) is 0 Å². The van der Waals surface area contributed by atoms with Crippen LogP contribution >= 0.6 is 0 Å². The van der Waals surface area contributed by atoms with Crippen molar-refractivity contribution in [2.45, 2.75) is 51.4 Å². The highest BCUT2D eigenvalue weighted by Gasteiger charge is 2.32. The van der Waals surface area contributed by atoms with Gasteiger partial charge in [0.05, 0.1) is 12.1 Å². The molecule has 0 radical (unpaired) electrons. The number of aliphatic hydroxyl groups is 1. The SMILES string of the molecule is CCC(C)N(Cc1ccccc1)C(=O)C1CC(O)CN1. The van der Waals surface area contributed by atoms with Crippen LogP contribution in [0.5, 0.6) is 0 Å². The molecule has 3 unspecified atom stereocenters. The summed E-state index contributed by atoms with van der Waals surface area (Å²) in [5.41, 5.74) is 1.14. The van der Waals surface area contributed by atoms with Gasteiger partial charge in [-0.05, 0) is 25.3 Å². The van der Waals surface area contributed by atoms with E-state index < -0.39 is 6.10 Å². The summed E-state index contributed by atoms with van der Waals surface area (Å²) in [6.07, 6.45) is 1.04. The van der Waals surface area contributed by atoms with Crippen molar-refractivity contribution in [3.05, 3.63) is 35.9 Å². The molecule has 1 aromatic carbocycles. The number of carbonyl (C=O) groups excluding carboxylic acids is 1. The zero-order valence-corrected chi connectivity index (χ0v) is 12.2. The second-order valence-corrected chi connectivity index (χ2v) is 5.56. The molecule has 110 valence electrons. The lowest BCUT2D eigenvalue weighted by Gasteiger charge is -2.31. The van der Waals surface area contributed by atoms with Crippen LogP contribution in [0.25, 0.3) is 0 Å². The molecule has 1 saturated heterocycles. The van der Waals surface area contributed by atoms with E-state index in [0.29, 0.717) is 19.5 Å². The zero-order chi connectivity index (χ0) is 14.5. The molecule has 0 aromatic heterocycles. The molecule has 4 nitrogen and oxygen atoms in total. The summed E-state index contributed by atoms with van der Waals surface area (Å²) in [4.78, 5) is 14.6. The van der Waals surface area contributed by atoms with Crippen LogP contribution in [0.2, 0.25) is 0 Å². The molecule has 20 heavy (non-hydrogen) atoms. The van der Waals surface area contributed by atoms with Gasteiger partial charge in [0.1, 0.15) is 0 Å². The van der Waals surface area contributed by atoms with Gasteiger partial charge in [-0.1, -0.05) is 37.3 Å². The number of amides is 1. The Balaban J connectivity index is 2.09. The average Bonchev–Trinajstić information content (AvgIpc) is 2.91. The third-order valence-corrected chi connectivity index (χ3v) is 4.01. The normalized spacial score (nSPS) is 23.6. The van der Waals surface area contributed by atoms with Crippen LogP contribution in [0.15, 0.2) is 30.3 Å². The summed E-state index contributed by atoms with van der Waals surface area (Å²) >= 11 is 0. The lowest BCUT2D eigenvalue weighted by atomic mass is 10.1. The van der Waals surface area contributed by atoms with Crippen LogP contribution < -0.4 is 5.32 Å². The molecule has 1 aliphatic rings. The predicted octanol–water partition coefficient (Wildman–Crippen LogP) is 1.54. The van der Waals surface area contributed by atoms with Crippen molar-refractivity contribution in [1.82, 2.24) is 10.2 Å². The van der Waals surface area contributed by atoms with Gasteiger partial charge in [-0.2, -0.15) is 0 Å². The molecule has 2 rings (SSSR count). The van der Waals surface area contributed by atoms with Crippen molar-refractivity contribution in [3.8, 4) is 0 Å². The number of nitrogens with zero attached hydrogens (tertiary/aromatic N) is 1. The van der Waals surface area contributed by atoms with Gasteiger partial charge in [0.2, 0.25) is 5.91 Å². The summed E-state index contributed by atoms with van der Waals surface area (Å²) in [5.74, 6) is 0.0970. The van der Waals surface area contributed by atoms with Crippen molar-refractivity contribution in [2.24, 2.45) is 0 Å². The van der Waals surface area contributed by atoms with Crippen molar-refractivity contribution >= 4 is 5.91 Å². The highest BCUT2D eigenvalue weighted by Crippen LogP contribution is 2.16. The Morgan fingerprint density at radius 2 is 2.15 bits per heavy atom. The molecule has 0 aliphatic carbocycles. The summed E-state index contributed by atoms with van der Waals surface area (Å²) in [7, 11) is 0. The maximum atomic E-state index is 12.6. The van der Waals surface area contributed by atoms with Gasteiger partial charge in [-0.3, -0.25) is 4.79 Å². The Kier molecular flexibility index (Phi) is 5.15. The second-order valence-electron chi connectivity index (χ2n) is 5.56. The number of benzene rings is 1. The van der Waals surface area contributed by atoms with E-state index in [0.717, 1.165) is 12.0 Å². The van der Waals surface area contributed by atoms with Gasteiger partial charge in [-0.15, -0.1) is 0 Å². The summed E-state index contributed by atoms with van der Waals surface area (Å²) in [5, 5.41) is 12.7. The van der Waals surface area contributed by atoms with E-state index in [1.807, 2.05) is 35.2 Å². The topological polar surface area (TPSA) is 52.6 Å². The number of β-amino-alcohol motifs (C(OH)–C–C–N with tert-alkyl or cyclic N) is 1. The summed E-state index contributed by atoms with van der Waals surface area (Å²) in [6, 6.07) is 10.00. The van der Waals surface area contributed by atoms with Crippen LogP contribution in [-0.2, 0) is 11.3 Å². The maximum absolute atomic E-state index is 12.6. The number of hydrogen-bond donors (Lipinski definition) is 2. The fourth-order valence-corrected chi connectivity index (χ4v) is 2.56. The van der Waals surface area contributed by atoms with E-state index >= 15 is 0 Å². The molecule has 1 amide bonds. The van der Waals surface area contributed by atoms with E-state index in [1.165, 1.54) is 0 Å². The number of hydrogen-bond acceptors (Lipinski definition) is 3. The van der Waals surface area contributed by atoms with E-state index in [9.17, 15) is 9.90 Å². The van der Waals surface area contributed by atoms with Crippen molar-refractivity contribution in [2.75, 3.05) is 6.54 Å². The third kappa shape index (κ3) is 3.58. The summed E-state index contributed by atoms with van der Waals surface area (Å²) in [6.45, 7) is 5.30. The fraction of sp³-hybridized carbons (Fsp3) is 0.562. The van der Waals surface area contributed by atoms with Gasteiger partial charge < -0.3 is 15.3 Å². The average molecular weight is 276 g/mol. The smallest absolute Gasteiger partial charge is 0.240 e. The van der Waals surface area contributed by atoms with Crippen LogP contribution in [0.3, 0.4) is 0 Å². The predicted molar refractivity (Wildman–Crippen MR) is 79.2 cm³/mol. The van der Waals surface area contributed by atoms with Crippen molar-refractivity contribution < 1.29 is 9.90 Å². The Labute approximate surface area is 120 Å². The van der Waals surface area contributed by atoms with Crippen LogP contribution in [0, 0.1) is 0 Å². The Morgan fingerprint density at radius 1 is 1.45 bits per heavy atom. The molecule has 2 N–H and O–H groups in total.